The van der Waals surface area contributed by atoms with E-state index in [4.69, 9.17) is 14.9 Å². The lowest BCUT2D eigenvalue weighted by Gasteiger charge is -2.19. The highest BCUT2D eigenvalue weighted by molar-refractivity contribution is 5.85. The summed E-state index contributed by atoms with van der Waals surface area (Å²) >= 11 is 0. The minimum atomic E-state index is -1.25. The van der Waals surface area contributed by atoms with E-state index in [0.717, 1.165) is 4.90 Å². The summed E-state index contributed by atoms with van der Waals surface area (Å²) < 4.78 is 10.4. The SMILES string of the molecule is CN(C)C(=O)OCc1cccc(CN(C(=O)O)c2cc(-c3ccco3)nc(N)n2)n1. The molecule has 2 amide bonds. The zero-order chi connectivity index (χ0) is 21.7. The lowest BCUT2D eigenvalue weighted by atomic mass is 10.2. The number of aromatic nitrogens is 3. The number of nitrogens with two attached hydrogens (primary N) is 1. The summed E-state index contributed by atoms with van der Waals surface area (Å²) in [7, 11) is 3.14. The number of carboxylic acid groups (broad SMARTS) is 1. The predicted octanol–water partition coefficient (Wildman–Crippen LogP) is 2.60. The van der Waals surface area contributed by atoms with Crippen molar-refractivity contribution in [3.05, 3.63) is 54.0 Å². The third-order valence-electron chi connectivity index (χ3n) is 3.90. The lowest BCUT2D eigenvalue weighted by Crippen LogP contribution is -2.30. The second-order valence-corrected chi connectivity index (χ2v) is 6.38. The van der Waals surface area contributed by atoms with Gasteiger partial charge < -0.3 is 24.9 Å². The van der Waals surface area contributed by atoms with E-state index in [9.17, 15) is 14.7 Å². The fourth-order valence-electron chi connectivity index (χ4n) is 2.51. The molecule has 3 aromatic heterocycles. The molecule has 156 valence electrons. The average molecular weight is 412 g/mol. The number of carbonyl (C=O) groups excluding carboxylic acids is 1. The minimum absolute atomic E-state index is 0.0407. The Kier molecular flexibility index (Phi) is 6.11. The molecule has 0 unspecified atom stereocenters. The summed E-state index contributed by atoms with van der Waals surface area (Å²) in [6.07, 6.45) is -0.276. The van der Waals surface area contributed by atoms with Gasteiger partial charge in [-0.3, -0.25) is 9.88 Å². The summed E-state index contributed by atoms with van der Waals surface area (Å²) in [5.74, 6) is 0.411. The van der Waals surface area contributed by atoms with Gasteiger partial charge in [0.05, 0.1) is 24.2 Å². The summed E-state index contributed by atoms with van der Waals surface area (Å²) in [4.78, 5) is 38.2. The summed E-state index contributed by atoms with van der Waals surface area (Å²) in [5, 5.41) is 9.71. The fraction of sp³-hybridized carbons (Fsp3) is 0.211. The number of hydrogen-bond donors (Lipinski definition) is 2. The zero-order valence-corrected chi connectivity index (χ0v) is 16.3. The topological polar surface area (TPSA) is 148 Å². The van der Waals surface area contributed by atoms with Crippen LogP contribution in [0.5, 0.6) is 0 Å². The number of furan rings is 1. The van der Waals surface area contributed by atoms with Gasteiger partial charge in [0, 0.05) is 20.2 Å². The maximum absolute atomic E-state index is 11.9. The molecular weight excluding hydrogens is 392 g/mol. The normalized spacial score (nSPS) is 10.5. The molecule has 0 atom stereocenters. The minimum Gasteiger partial charge on any atom is -0.465 e. The monoisotopic (exact) mass is 412 g/mol. The Bertz CT molecular complexity index is 1040. The molecule has 3 N–H and O–H groups in total. The van der Waals surface area contributed by atoms with Crippen molar-refractivity contribution < 1.29 is 23.8 Å². The molecule has 0 bridgehead atoms. The maximum atomic E-state index is 11.9. The van der Waals surface area contributed by atoms with Crippen LogP contribution in [0.15, 0.2) is 47.1 Å². The van der Waals surface area contributed by atoms with Gasteiger partial charge in [-0.05, 0) is 24.3 Å². The van der Waals surface area contributed by atoms with Crippen LogP contribution in [-0.2, 0) is 17.9 Å². The molecule has 3 heterocycles. The van der Waals surface area contributed by atoms with Gasteiger partial charge in [0.25, 0.3) is 0 Å². The van der Waals surface area contributed by atoms with E-state index in [-0.39, 0.29) is 24.9 Å². The first-order valence-electron chi connectivity index (χ1n) is 8.81. The Morgan fingerprint density at radius 2 is 1.90 bits per heavy atom. The molecule has 0 saturated heterocycles. The third-order valence-corrected chi connectivity index (χ3v) is 3.90. The predicted molar refractivity (Wildman–Crippen MR) is 106 cm³/mol. The average Bonchev–Trinajstić information content (AvgIpc) is 3.24. The molecule has 0 spiro atoms. The van der Waals surface area contributed by atoms with Crippen LogP contribution in [0.4, 0.5) is 21.4 Å². The van der Waals surface area contributed by atoms with Crippen molar-refractivity contribution in [1.82, 2.24) is 19.9 Å². The standard InChI is InChI=1S/C19H20N6O5/c1-24(2)19(28)30-11-13-6-3-5-12(21-13)10-25(18(26)27)16-9-14(22-17(20)23-16)15-7-4-8-29-15/h3-9H,10-11H2,1-2H3,(H,26,27)(H2,20,22,23). The zero-order valence-electron chi connectivity index (χ0n) is 16.3. The molecule has 0 aromatic carbocycles. The van der Waals surface area contributed by atoms with Crippen LogP contribution >= 0.6 is 0 Å². The number of carbonyl (C=O) groups is 2. The van der Waals surface area contributed by atoms with Crippen molar-refractivity contribution in [2.45, 2.75) is 13.2 Å². The number of nitrogen functional groups attached to an aromatic ring is 1. The third kappa shape index (κ3) is 5.01. The van der Waals surface area contributed by atoms with Crippen molar-refractivity contribution in [3.63, 3.8) is 0 Å². The fourth-order valence-corrected chi connectivity index (χ4v) is 2.51. The van der Waals surface area contributed by atoms with Crippen LogP contribution in [0.2, 0.25) is 0 Å². The molecule has 0 aliphatic carbocycles. The van der Waals surface area contributed by atoms with Gasteiger partial charge in [-0.1, -0.05) is 6.07 Å². The van der Waals surface area contributed by atoms with Gasteiger partial charge >= 0.3 is 12.2 Å². The highest BCUT2D eigenvalue weighted by atomic mass is 16.6. The first-order chi connectivity index (χ1) is 14.3. The Morgan fingerprint density at radius 3 is 2.57 bits per heavy atom. The molecule has 0 saturated carbocycles. The smallest absolute Gasteiger partial charge is 0.413 e. The second kappa shape index (κ2) is 8.90. The van der Waals surface area contributed by atoms with Gasteiger partial charge in [-0.25, -0.2) is 14.6 Å². The number of rotatable bonds is 6. The Labute approximate surface area is 171 Å². The van der Waals surface area contributed by atoms with E-state index >= 15 is 0 Å². The van der Waals surface area contributed by atoms with Crippen LogP contribution in [0.25, 0.3) is 11.5 Å². The van der Waals surface area contributed by atoms with E-state index in [1.165, 1.54) is 17.2 Å². The van der Waals surface area contributed by atoms with Crippen molar-refractivity contribution in [2.75, 3.05) is 24.7 Å². The molecule has 0 aliphatic rings. The number of hydrogen-bond acceptors (Lipinski definition) is 8. The second-order valence-electron chi connectivity index (χ2n) is 6.38. The van der Waals surface area contributed by atoms with Crippen molar-refractivity contribution >= 4 is 24.0 Å². The first-order valence-corrected chi connectivity index (χ1v) is 8.81. The van der Waals surface area contributed by atoms with Gasteiger partial charge in [0.15, 0.2) is 5.76 Å². The van der Waals surface area contributed by atoms with Crippen LogP contribution < -0.4 is 10.6 Å². The Balaban J connectivity index is 1.82. The molecule has 11 heteroatoms. The molecule has 0 fully saturated rings. The van der Waals surface area contributed by atoms with Crippen LogP contribution in [0.1, 0.15) is 11.4 Å². The van der Waals surface area contributed by atoms with E-state index in [1.807, 2.05) is 0 Å². The number of amides is 2. The highest BCUT2D eigenvalue weighted by Crippen LogP contribution is 2.24. The summed E-state index contributed by atoms with van der Waals surface area (Å²) in [6.45, 7) is -0.139. The Morgan fingerprint density at radius 1 is 1.13 bits per heavy atom. The van der Waals surface area contributed by atoms with Gasteiger partial charge in [0.2, 0.25) is 5.95 Å². The quantitative estimate of drug-likeness (QED) is 0.623. The van der Waals surface area contributed by atoms with E-state index < -0.39 is 12.2 Å². The first kappa shape index (κ1) is 20.6. The van der Waals surface area contributed by atoms with Crippen molar-refractivity contribution in [2.24, 2.45) is 0 Å². The molecule has 3 aromatic rings. The maximum Gasteiger partial charge on any atom is 0.413 e. The van der Waals surface area contributed by atoms with Gasteiger partial charge in [0.1, 0.15) is 18.1 Å². The van der Waals surface area contributed by atoms with Crippen LogP contribution in [0, 0.1) is 0 Å². The van der Waals surface area contributed by atoms with E-state index in [0.29, 0.717) is 22.8 Å². The summed E-state index contributed by atoms with van der Waals surface area (Å²) in [6, 6.07) is 9.85. The van der Waals surface area contributed by atoms with E-state index in [1.54, 1.807) is 44.4 Å². The summed E-state index contributed by atoms with van der Waals surface area (Å²) in [5.41, 5.74) is 7.03. The Hall–Kier alpha value is -4.15. The largest absolute Gasteiger partial charge is 0.465 e. The molecule has 0 radical (unpaired) electrons. The molecule has 30 heavy (non-hydrogen) atoms. The van der Waals surface area contributed by atoms with Crippen LogP contribution in [-0.4, -0.2) is 51.2 Å². The number of ether oxygens (including phenoxy) is 1. The van der Waals surface area contributed by atoms with Gasteiger partial charge in [-0.15, -0.1) is 0 Å². The number of nitrogens with zero attached hydrogens (tertiary/aromatic N) is 5. The van der Waals surface area contributed by atoms with Crippen molar-refractivity contribution in [3.8, 4) is 11.5 Å². The number of pyridine rings is 1. The number of anilines is 2. The molecule has 3 rings (SSSR count). The lowest BCUT2D eigenvalue weighted by molar-refractivity contribution is 0.111. The highest BCUT2D eigenvalue weighted by Gasteiger charge is 2.20. The van der Waals surface area contributed by atoms with Crippen LogP contribution in [0.3, 0.4) is 0 Å². The van der Waals surface area contributed by atoms with Gasteiger partial charge in [-0.2, -0.15) is 4.98 Å². The molecule has 0 aliphatic heterocycles. The molecule has 11 nitrogen and oxygen atoms in total. The van der Waals surface area contributed by atoms with Crippen molar-refractivity contribution in [1.29, 1.82) is 0 Å². The van der Waals surface area contributed by atoms with E-state index in [2.05, 4.69) is 15.0 Å². The molecular formula is C19H20N6O5.